The number of carbonyl (C=O) groups is 4. The maximum atomic E-state index is 13.3. The molecule has 0 spiro atoms. The smallest absolute Gasteiger partial charge is 0.378 e. The molecule has 0 bridgehead atoms. The molecule has 149 heavy (non-hydrogen) atoms. The van der Waals surface area contributed by atoms with E-state index >= 15 is 0 Å². The van der Waals surface area contributed by atoms with Gasteiger partial charge in [-0.15, -0.1) is 0 Å². The molecule has 50 heteroatoms. The summed E-state index contributed by atoms with van der Waals surface area (Å²) in [6.07, 6.45) is -30.1. The quantitative estimate of drug-likeness (QED) is 0.0498. The predicted octanol–water partition coefficient (Wildman–Crippen LogP) is 22.2. The molecule has 0 atom stereocenters. The minimum Gasteiger partial charge on any atom is -0.378 e. The lowest BCUT2D eigenvalue weighted by Gasteiger charge is -2.37. The van der Waals surface area contributed by atoms with Crippen LogP contribution in [-0.4, -0.2) is 153 Å². The number of nitrogens with zero attached hydrogens (tertiary/aromatic N) is 11. The number of amides is 2. The molecule has 4 N–H and O–H groups in total. The number of hydrogen-bond donors (Lipinski definition) is 2. The summed E-state index contributed by atoms with van der Waals surface area (Å²) in [5, 5.41) is 0. The first kappa shape index (κ1) is 113. The second-order valence-electron chi connectivity index (χ2n) is 33.4. The van der Waals surface area contributed by atoms with Crippen LogP contribution in [0.2, 0.25) is 0 Å². The monoisotopic (exact) mass is 2150 g/mol. The molecule has 0 aliphatic carbocycles. The third kappa shape index (κ3) is 29.4. The van der Waals surface area contributed by atoms with Crippen molar-refractivity contribution in [3.8, 4) is 45.6 Å². The number of morpholine rings is 2. The summed E-state index contributed by atoms with van der Waals surface area (Å²) >= 11 is 0. The molecule has 0 unspecified atom stereocenters. The van der Waals surface area contributed by atoms with Crippen molar-refractivity contribution < 1.29 is 155 Å². The third-order valence-corrected chi connectivity index (χ3v) is 25.8. The zero-order valence-corrected chi connectivity index (χ0v) is 78.7. The standard InChI is InChI=1S/C27H24F6N4O4S.C26H21F6N3O2.C24H18F6N4O3S.C22H13F7N2O/c1-25(2)15-37(8-9-41-25)42(39,40)21-5-3-4-16(12-21)22(23(34)38)14-20-6-7-35-24(36-20)17-10-18(26(28,29)30)13-19(11-17)27(31,32)33;1-16(36)23(17-2-4-22(5-3-17)35-8-10-37-11-9-35)15-21-6-7-33-24(34-21)18-12-19(25(27,28)29)14-20(13-18)26(30,31)32;25-23(26,27)16-9-15(10-17(12-16)24(28,29)30)22-32-6-5-18(33-22)13-20(21(31)35)14-3-1-4-19(11-14)38(36,37)34-7-2-8-34;1-12(32)19(13-2-4-17(23)5-3-13)11-18-6-7-30-20(31-18)14-8-15(21(24,25)26)10-16(9-14)22(27,28)29/h3-7,10-14H,8-9,15H2,1-2H3,(H2,34,38);2-7,12-15H,8-11H2,1H3;1,3-6,9-13H,2,7-8H2,(H2,31,35);2-11H,1H3/b22-14+;23-15-;20-13+;19-11-. The van der Waals surface area contributed by atoms with Crippen molar-refractivity contribution in [2.24, 2.45) is 11.5 Å². The normalized spacial score (nSPS) is 15.1. The van der Waals surface area contributed by atoms with Gasteiger partial charge in [-0.2, -0.15) is 114 Å². The molecule has 15 rings (SSSR count). The fourth-order valence-corrected chi connectivity index (χ4v) is 17.8. The Bertz CT molecular complexity index is 7280. The van der Waals surface area contributed by atoms with Crippen LogP contribution in [0.5, 0.6) is 0 Å². The van der Waals surface area contributed by atoms with Gasteiger partial charge in [0.1, 0.15) is 5.82 Å². The van der Waals surface area contributed by atoms with Crippen LogP contribution < -0.4 is 16.4 Å². The lowest BCUT2D eigenvalue weighted by molar-refractivity contribution is -0.144. The van der Waals surface area contributed by atoms with Crippen LogP contribution in [-0.2, 0) is 98.1 Å². The van der Waals surface area contributed by atoms with E-state index in [4.69, 9.17) is 20.9 Å². The van der Waals surface area contributed by atoms with Gasteiger partial charge in [0.15, 0.2) is 34.9 Å². The molecule has 0 saturated carbocycles. The summed E-state index contributed by atoms with van der Waals surface area (Å²) in [6.45, 7) is 9.93. The van der Waals surface area contributed by atoms with E-state index in [2.05, 4.69) is 44.8 Å². The van der Waals surface area contributed by atoms with E-state index in [1.54, 1.807) is 26.0 Å². The number of sulfonamides is 2. The molecule has 4 aromatic heterocycles. The second kappa shape index (κ2) is 44.6. The van der Waals surface area contributed by atoms with E-state index in [1.807, 2.05) is 12.1 Å². The van der Waals surface area contributed by atoms with Gasteiger partial charge in [0.2, 0.25) is 31.9 Å². The number of carbonyl (C=O) groups excluding carboxylic acids is 4. The minimum absolute atomic E-state index is 0.00957. The first-order valence-electron chi connectivity index (χ1n) is 43.3. The average Bonchev–Trinajstić information content (AvgIpc) is 0.787. The topological polar surface area (TPSA) is 320 Å². The highest BCUT2D eigenvalue weighted by Crippen LogP contribution is 2.45. The highest BCUT2D eigenvalue weighted by molar-refractivity contribution is 7.89. The zero-order chi connectivity index (χ0) is 109. The molecule has 3 aliphatic rings. The Morgan fingerprint density at radius 1 is 0.342 bits per heavy atom. The van der Waals surface area contributed by atoms with Crippen molar-refractivity contribution in [3.05, 3.63) is 314 Å². The van der Waals surface area contributed by atoms with Crippen molar-refractivity contribution in [2.75, 3.05) is 64.0 Å². The molecule has 8 aromatic carbocycles. The summed E-state index contributed by atoms with van der Waals surface area (Å²) < 4.78 is 397. The van der Waals surface area contributed by atoms with E-state index in [-0.39, 0.29) is 122 Å². The van der Waals surface area contributed by atoms with E-state index in [9.17, 15) is 146 Å². The summed E-state index contributed by atoms with van der Waals surface area (Å²) in [5.41, 5.74) is -1.60. The van der Waals surface area contributed by atoms with E-state index in [0.29, 0.717) is 86.0 Å². The van der Waals surface area contributed by atoms with Crippen LogP contribution in [0.4, 0.5) is 115 Å². The number of primary amides is 2. The molecule has 3 saturated heterocycles. The zero-order valence-electron chi connectivity index (χ0n) is 77.1. The van der Waals surface area contributed by atoms with Gasteiger partial charge in [-0.1, -0.05) is 48.5 Å². The first-order chi connectivity index (χ1) is 69.3. The molecular weight excluding hydrogens is 2070 g/mol. The van der Waals surface area contributed by atoms with Crippen molar-refractivity contribution in [2.45, 2.75) is 98.9 Å². The Hall–Kier alpha value is -14.9. The predicted molar refractivity (Wildman–Crippen MR) is 492 cm³/mol. The fourth-order valence-electron chi connectivity index (χ4n) is 14.6. The number of alkyl halides is 24. The molecule has 23 nitrogen and oxygen atoms in total. The van der Waals surface area contributed by atoms with Crippen molar-refractivity contribution >= 4 is 95.7 Å². The Morgan fingerprint density at radius 2 is 0.624 bits per heavy atom. The lowest BCUT2D eigenvalue weighted by Crippen LogP contribution is -2.50. The Labute approximate surface area is 829 Å². The number of ether oxygens (including phenoxy) is 2. The molecule has 0 radical (unpaired) electrons. The highest BCUT2D eigenvalue weighted by Gasteiger charge is 2.44. The van der Waals surface area contributed by atoms with Crippen LogP contribution in [0, 0.1) is 5.82 Å². The third-order valence-electron chi connectivity index (χ3n) is 22.0. The lowest BCUT2D eigenvalue weighted by atomic mass is 10.0. The van der Waals surface area contributed by atoms with Gasteiger partial charge in [0.05, 0.1) is 102 Å². The van der Waals surface area contributed by atoms with E-state index in [1.165, 1.54) is 126 Å². The number of hydrogen-bond acceptors (Lipinski definition) is 19. The number of allylic oxidation sites excluding steroid dienone is 2. The number of anilines is 1. The first-order valence-corrected chi connectivity index (χ1v) is 46.2. The molecule has 3 aliphatic heterocycles. The summed E-state index contributed by atoms with van der Waals surface area (Å²) in [4.78, 5) is 82.4. The number of aromatic nitrogens is 8. The van der Waals surface area contributed by atoms with Crippen LogP contribution in [0.1, 0.15) is 124 Å². The van der Waals surface area contributed by atoms with Gasteiger partial charge < -0.3 is 25.8 Å². The van der Waals surface area contributed by atoms with Crippen molar-refractivity contribution in [3.63, 3.8) is 0 Å². The van der Waals surface area contributed by atoms with Gasteiger partial charge in [0, 0.05) is 114 Å². The number of ketones is 2. The Balaban J connectivity index is 0.000000177. The van der Waals surface area contributed by atoms with Gasteiger partial charge in [-0.3, -0.25) is 19.2 Å². The van der Waals surface area contributed by atoms with Crippen molar-refractivity contribution in [1.82, 2.24) is 48.5 Å². The van der Waals surface area contributed by atoms with Gasteiger partial charge in [-0.25, -0.2) is 61.1 Å². The molecule has 3 fully saturated rings. The molecule has 7 heterocycles. The summed E-state index contributed by atoms with van der Waals surface area (Å²) in [5.74, 6) is -4.85. The molecular formula is C99H76F25N13O10S2. The summed E-state index contributed by atoms with van der Waals surface area (Å²) in [7, 11) is -7.79. The summed E-state index contributed by atoms with van der Waals surface area (Å²) in [6, 6.07) is 32.4. The highest BCUT2D eigenvalue weighted by atomic mass is 32.2. The SMILES string of the molecule is CC(=O)/C(=C/c1ccnc(-c2cc(C(F)(F)F)cc(C(F)(F)F)c2)n1)c1ccc(F)cc1.CC(=O)/C(=C/c1ccnc(-c2cc(C(F)(F)F)cc(C(F)(F)F)c2)n1)c1ccc(N2CCOCC2)cc1.CC1(C)CN(S(=O)(=O)c2cccc(/C(=C\c3ccnc(-c4cc(C(F)(F)F)cc(C(F)(F)F)c4)n3)C(N)=O)c2)CCO1.NC(=O)/C(=C/c1ccnc(-c2cc(C(F)(F)F)cc(C(F)(F)F)c2)n1)c1cccc(S(=O)(=O)N2CCC2)c1. The van der Waals surface area contributed by atoms with Gasteiger partial charge in [-0.05, 0) is 226 Å². The van der Waals surface area contributed by atoms with Gasteiger partial charge >= 0.3 is 49.4 Å². The van der Waals surface area contributed by atoms with Crippen LogP contribution in [0.15, 0.2) is 229 Å². The maximum Gasteiger partial charge on any atom is 0.416 e. The molecule has 784 valence electrons. The Kier molecular flexibility index (Phi) is 33.8. The maximum absolute atomic E-state index is 13.3. The fraction of sp³-hybridized carbons (Fsp3) is 0.232. The number of rotatable bonds is 21. The minimum atomic E-state index is -5.07. The van der Waals surface area contributed by atoms with E-state index in [0.717, 1.165) is 68.1 Å². The largest absolute Gasteiger partial charge is 0.416 e. The molecule has 12 aromatic rings. The van der Waals surface area contributed by atoms with Crippen LogP contribution >= 0.6 is 0 Å². The second-order valence-corrected chi connectivity index (χ2v) is 37.3. The number of benzene rings is 8. The van der Waals surface area contributed by atoms with Crippen LogP contribution in [0.3, 0.4) is 0 Å². The number of Topliss-reactive ketones (excluding diaryl/α,β-unsaturated/α-hetero) is 2. The average molecular weight is 2150 g/mol. The molecule has 2 amide bonds. The Morgan fingerprint density at radius 3 is 0.886 bits per heavy atom. The van der Waals surface area contributed by atoms with Crippen LogP contribution in [0.25, 0.3) is 92.1 Å². The van der Waals surface area contributed by atoms with Crippen molar-refractivity contribution in [1.29, 1.82) is 0 Å². The number of nitrogens with two attached hydrogens (primary N) is 2. The number of halogens is 25. The van der Waals surface area contributed by atoms with E-state index < -0.39 is 183 Å². The van der Waals surface area contributed by atoms with Gasteiger partial charge in [0.25, 0.3) is 0 Å².